The zero-order chi connectivity index (χ0) is 13.8. The predicted octanol–water partition coefficient (Wildman–Crippen LogP) is 3.21. The fourth-order valence-corrected chi connectivity index (χ4v) is 1.94. The molecular weight excluding hydrogens is 236 g/mol. The normalized spacial score (nSPS) is 10.7. The molecule has 19 heavy (non-hydrogen) atoms. The van der Waals surface area contributed by atoms with Crippen LogP contribution in [0.15, 0.2) is 42.6 Å². The van der Waals surface area contributed by atoms with Crippen molar-refractivity contribution >= 4 is 11.5 Å². The van der Waals surface area contributed by atoms with E-state index in [0.29, 0.717) is 23.7 Å². The number of pyridine rings is 1. The van der Waals surface area contributed by atoms with E-state index in [1.54, 1.807) is 18.3 Å². The van der Waals surface area contributed by atoms with Crippen molar-refractivity contribution in [1.29, 1.82) is 0 Å². The smallest absolute Gasteiger partial charge is 0.187 e. The van der Waals surface area contributed by atoms with Crippen LogP contribution in [0.2, 0.25) is 0 Å². The van der Waals surface area contributed by atoms with Gasteiger partial charge < -0.3 is 5.73 Å². The molecule has 0 aliphatic rings. The van der Waals surface area contributed by atoms with Gasteiger partial charge in [-0.1, -0.05) is 38.1 Å². The van der Waals surface area contributed by atoms with Gasteiger partial charge in [0.25, 0.3) is 0 Å². The highest BCUT2D eigenvalue weighted by atomic mass is 16.1. The van der Waals surface area contributed by atoms with Gasteiger partial charge in [-0.25, -0.2) is 0 Å². The van der Waals surface area contributed by atoms with Crippen molar-refractivity contribution in [2.75, 3.05) is 5.73 Å². The summed E-state index contributed by atoms with van der Waals surface area (Å²) in [7, 11) is 0. The molecule has 0 aliphatic heterocycles. The van der Waals surface area contributed by atoms with Gasteiger partial charge in [-0.05, 0) is 29.2 Å². The largest absolute Gasteiger partial charge is 0.397 e. The molecule has 0 saturated heterocycles. The minimum Gasteiger partial charge on any atom is -0.397 e. The third kappa shape index (κ3) is 3.19. The first-order valence-electron chi connectivity index (χ1n) is 6.40. The number of nitrogens with zero attached hydrogens (tertiary/aromatic N) is 1. The number of nitrogens with two attached hydrogens (primary N) is 1. The first-order valence-corrected chi connectivity index (χ1v) is 6.40. The molecule has 1 heterocycles. The van der Waals surface area contributed by atoms with E-state index in [9.17, 15) is 4.79 Å². The Kier molecular flexibility index (Phi) is 3.95. The second kappa shape index (κ2) is 5.65. The summed E-state index contributed by atoms with van der Waals surface area (Å²) >= 11 is 0. The molecule has 0 bridgehead atoms. The van der Waals surface area contributed by atoms with E-state index in [-0.39, 0.29) is 5.78 Å². The van der Waals surface area contributed by atoms with Gasteiger partial charge in [-0.3, -0.25) is 9.78 Å². The topological polar surface area (TPSA) is 56.0 Å². The van der Waals surface area contributed by atoms with Gasteiger partial charge in [0.05, 0.1) is 5.69 Å². The number of rotatable bonds is 4. The average Bonchev–Trinajstić information content (AvgIpc) is 2.39. The molecule has 98 valence electrons. The highest BCUT2D eigenvalue weighted by molar-refractivity contribution is 5.99. The van der Waals surface area contributed by atoms with Gasteiger partial charge in [-0.15, -0.1) is 0 Å². The third-order valence-corrected chi connectivity index (χ3v) is 3.11. The second-order valence-corrected chi connectivity index (χ2v) is 4.94. The Morgan fingerprint density at radius 3 is 2.47 bits per heavy atom. The van der Waals surface area contributed by atoms with Crippen molar-refractivity contribution in [3.63, 3.8) is 0 Å². The molecule has 1 aromatic carbocycles. The van der Waals surface area contributed by atoms with Gasteiger partial charge in [0.1, 0.15) is 5.69 Å². The summed E-state index contributed by atoms with van der Waals surface area (Å²) in [5.41, 5.74) is 8.81. The molecular formula is C16H18N2O. The van der Waals surface area contributed by atoms with Crippen molar-refractivity contribution in [1.82, 2.24) is 4.98 Å². The molecule has 0 amide bonds. The molecule has 3 nitrogen and oxygen atoms in total. The number of Topliss-reactive ketones (excluding diaryl/α,β-unsaturated/α-hetero) is 1. The zero-order valence-electron chi connectivity index (χ0n) is 11.3. The molecule has 1 aromatic heterocycles. The molecule has 2 N–H and O–H groups in total. The average molecular weight is 254 g/mol. The number of nitrogen functional groups attached to an aromatic ring is 1. The molecule has 0 atom stereocenters. The van der Waals surface area contributed by atoms with Crippen molar-refractivity contribution in [3.05, 3.63) is 59.4 Å². The van der Waals surface area contributed by atoms with Gasteiger partial charge in [0.2, 0.25) is 0 Å². The maximum absolute atomic E-state index is 12.1. The molecule has 2 aromatic rings. The van der Waals surface area contributed by atoms with Gasteiger partial charge >= 0.3 is 0 Å². The fourth-order valence-electron chi connectivity index (χ4n) is 1.94. The highest BCUT2D eigenvalue weighted by Crippen LogP contribution is 2.16. The molecule has 0 radical (unpaired) electrons. The second-order valence-electron chi connectivity index (χ2n) is 4.94. The number of carbonyl (C=O) groups excluding carboxylic acids is 1. The number of aromatic nitrogens is 1. The Hall–Kier alpha value is -2.16. The lowest BCUT2D eigenvalue weighted by atomic mass is 9.99. The summed E-state index contributed by atoms with van der Waals surface area (Å²) in [5.74, 6) is 0.451. The number of benzene rings is 1. The Bertz CT molecular complexity index is 574. The van der Waals surface area contributed by atoms with Crippen LogP contribution in [0.4, 0.5) is 5.69 Å². The number of anilines is 1. The van der Waals surface area contributed by atoms with Crippen molar-refractivity contribution in [3.8, 4) is 0 Å². The fraction of sp³-hybridized carbons (Fsp3) is 0.250. The standard InChI is InChI=1S/C16H18N2O/c1-11(2)13-7-5-12(6-8-13)10-15(19)16-14(17)4-3-9-18-16/h3-9,11H,10,17H2,1-2H3. The van der Waals surface area contributed by atoms with Crippen molar-refractivity contribution < 1.29 is 4.79 Å². The van der Waals surface area contributed by atoms with Crippen LogP contribution in [-0.4, -0.2) is 10.8 Å². The maximum Gasteiger partial charge on any atom is 0.187 e. The summed E-state index contributed by atoms with van der Waals surface area (Å²) in [4.78, 5) is 16.2. The van der Waals surface area contributed by atoms with E-state index >= 15 is 0 Å². The lowest BCUT2D eigenvalue weighted by Crippen LogP contribution is -2.09. The van der Waals surface area contributed by atoms with Gasteiger partial charge in [0.15, 0.2) is 5.78 Å². The van der Waals surface area contributed by atoms with E-state index in [1.165, 1.54) is 5.56 Å². The molecule has 0 saturated carbocycles. The monoisotopic (exact) mass is 254 g/mol. The van der Waals surface area contributed by atoms with Crippen molar-refractivity contribution in [2.24, 2.45) is 0 Å². The Labute approximate surface area is 113 Å². The molecule has 2 rings (SSSR count). The summed E-state index contributed by atoms with van der Waals surface area (Å²) in [6, 6.07) is 11.5. The first kappa shape index (κ1) is 13.3. The first-order chi connectivity index (χ1) is 9.08. The summed E-state index contributed by atoms with van der Waals surface area (Å²) in [6.07, 6.45) is 1.92. The van der Waals surface area contributed by atoms with E-state index in [2.05, 4.69) is 31.0 Å². The van der Waals surface area contributed by atoms with Crippen LogP contribution in [0.25, 0.3) is 0 Å². The van der Waals surface area contributed by atoms with E-state index in [4.69, 9.17) is 5.73 Å². The van der Waals surface area contributed by atoms with E-state index < -0.39 is 0 Å². The predicted molar refractivity (Wildman–Crippen MR) is 77.2 cm³/mol. The Morgan fingerprint density at radius 1 is 1.21 bits per heavy atom. The SMILES string of the molecule is CC(C)c1ccc(CC(=O)c2ncccc2N)cc1. The molecule has 0 spiro atoms. The minimum absolute atomic E-state index is 0.0459. The maximum atomic E-state index is 12.1. The Balaban J connectivity index is 2.13. The molecule has 0 aliphatic carbocycles. The summed E-state index contributed by atoms with van der Waals surface area (Å²) in [6.45, 7) is 4.30. The number of hydrogen-bond donors (Lipinski definition) is 1. The summed E-state index contributed by atoms with van der Waals surface area (Å²) in [5, 5.41) is 0. The Morgan fingerprint density at radius 2 is 1.89 bits per heavy atom. The van der Waals surface area contributed by atoms with Crippen LogP contribution in [0, 0.1) is 0 Å². The van der Waals surface area contributed by atoms with Crippen LogP contribution in [0.5, 0.6) is 0 Å². The van der Waals surface area contributed by atoms with Crippen LogP contribution in [0.3, 0.4) is 0 Å². The van der Waals surface area contributed by atoms with Gasteiger partial charge in [-0.2, -0.15) is 0 Å². The van der Waals surface area contributed by atoms with Crippen LogP contribution in [0.1, 0.15) is 41.4 Å². The quantitative estimate of drug-likeness (QED) is 0.852. The lowest BCUT2D eigenvalue weighted by Gasteiger charge is -2.07. The molecule has 0 fully saturated rings. The highest BCUT2D eigenvalue weighted by Gasteiger charge is 2.11. The minimum atomic E-state index is -0.0459. The number of ketones is 1. The van der Waals surface area contributed by atoms with E-state index in [0.717, 1.165) is 5.56 Å². The summed E-state index contributed by atoms with van der Waals surface area (Å²) < 4.78 is 0. The molecule has 0 unspecified atom stereocenters. The number of carbonyl (C=O) groups is 1. The number of hydrogen-bond acceptors (Lipinski definition) is 3. The van der Waals surface area contributed by atoms with Crippen LogP contribution >= 0.6 is 0 Å². The molecule has 3 heteroatoms. The van der Waals surface area contributed by atoms with Crippen LogP contribution < -0.4 is 5.73 Å². The third-order valence-electron chi connectivity index (χ3n) is 3.11. The van der Waals surface area contributed by atoms with E-state index in [1.807, 2.05) is 12.1 Å². The zero-order valence-corrected chi connectivity index (χ0v) is 11.3. The van der Waals surface area contributed by atoms with Crippen molar-refractivity contribution in [2.45, 2.75) is 26.2 Å². The van der Waals surface area contributed by atoms with Crippen LogP contribution in [-0.2, 0) is 6.42 Å². The van der Waals surface area contributed by atoms with Gasteiger partial charge in [0, 0.05) is 12.6 Å². The lowest BCUT2D eigenvalue weighted by molar-refractivity contribution is 0.0989.